The standard InChI is InChI=1S/C14H16N2O3.C13H14N2O3.CH4O.H2/c1-18-8-3-4-11-10(7-8)9-5-6-15-13(12(9)16-11)14(17)19-2;1-18-7-2-3-10-9(6-7)8-4-5-14-12(13(16)17)11(8)15-10;1-2;/h3-4,7,13,15-16H,5-6H2,1-2H3;2-3,6,12,14-15H,4-5H2,1H3,(H,16,17);2H,1H3;1H/i;;;1+1. The number of carboxylic acid groups (broad SMARTS) is 1. The van der Waals surface area contributed by atoms with Crippen molar-refractivity contribution in [2.24, 2.45) is 0 Å². The van der Waals surface area contributed by atoms with Crippen LogP contribution in [0.2, 0.25) is 0 Å². The van der Waals surface area contributed by atoms with Gasteiger partial charge in [0.05, 0.1) is 21.3 Å². The summed E-state index contributed by atoms with van der Waals surface area (Å²) in [5, 5.41) is 24.6. The molecule has 11 nitrogen and oxygen atoms in total. The third-order valence-electron chi connectivity index (χ3n) is 7.00. The van der Waals surface area contributed by atoms with E-state index in [1.807, 2.05) is 36.4 Å². The number of rotatable bonds is 4. The number of hydrogen-bond acceptors (Lipinski definition) is 8. The van der Waals surface area contributed by atoms with Crippen molar-refractivity contribution in [3.63, 3.8) is 0 Å². The van der Waals surface area contributed by atoms with Gasteiger partial charge in [-0.25, -0.2) is 4.79 Å². The first-order valence-corrected chi connectivity index (χ1v) is 12.5. The molecule has 0 saturated carbocycles. The maximum Gasteiger partial charge on any atom is 0.329 e. The van der Waals surface area contributed by atoms with Crippen LogP contribution in [0.4, 0.5) is 0 Å². The number of carbonyl (C=O) groups is 2. The number of aliphatic carboxylic acids is 1. The second-order valence-corrected chi connectivity index (χ2v) is 8.99. The summed E-state index contributed by atoms with van der Waals surface area (Å²) in [7, 11) is 5.69. The molecule has 0 aliphatic carbocycles. The van der Waals surface area contributed by atoms with Gasteiger partial charge in [-0.2, -0.15) is 0 Å². The minimum absolute atomic E-state index is 0. The van der Waals surface area contributed by atoms with Crippen molar-refractivity contribution in [1.82, 2.24) is 20.6 Å². The molecule has 2 aliphatic rings. The van der Waals surface area contributed by atoms with Crippen LogP contribution in [-0.2, 0) is 27.2 Å². The van der Waals surface area contributed by atoms with Gasteiger partial charge in [-0.3, -0.25) is 15.4 Å². The third kappa shape index (κ3) is 5.42. The van der Waals surface area contributed by atoms with Gasteiger partial charge in [0.2, 0.25) is 0 Å². The van der Waals surface area contributed by atoms with E-state index in [4.69, 9.17) is 19.3 Å². The summed E-state index contributed by atoms with van der Waals surface area (Å²) in [6.45, 7) is 1.44. The Labute approximate surface area is 226 Å². The molecule has 11 heteroatoms. The number of carbonyl (C=O) groups excluding carboxylic acids is 1. The van der Waals surface area contributed by atoms with Crippen LogP contribution in [0.5, 0.6) is 11.5 Å². The first kappa shape index (κ1) is 28.0. The highest BCUT2D eigenvalue weighted by Gasteiger charge is 2.30. The normalized spacial score (nSPS) is 17.6. The number of methoxy groups -OCH3 is 3. The SMILES string of the molecule is CO.COC(=O)C1NCCc2c1[nH]c1ccc(OC)cc21.COc1ccc2[nH]c3c(c2c1)CCNC3C(=O)O.[2HH]. The van der Waals surface area contributed by atoms with Gasteiger partial charge in [-0.1, -0.05) is 0 Å². The Morgan fingerprint density at radius 3 is 1.69 bits per heavy atom. The number of ether oxygens (including phenoxy) is 3. The lowest BCUT2D eigenvalue weighted by Crippen LogP contribution is -2.35. The minimum atomic E-state index is -0.852. The van der Waals surface area contributed by atoms with Crippen LogP contribution < -0.4 is 20.1 Å². The van der Waals surface area contributed by atoms with E-state index in [1.165, 1.54) is 12.7 Å². The highest BCUT2D eigenvalue weighted by Crippen LogP contribution is 2.33. The van der Waals surface area contributed by atoms with Gasteiger partial charge < -0.3 is 34.4 Å². The summed E-state index contributed by atoms with van der Waals surface area (Å²) >= 11 is 0. The molecule has 39 heavy (non-hydrogen) atoms. The maximum atomic E-state index is 11.8. The van der Waals surface area contributed by atoms with Gasteiger partial charge in [0.15, 0.2) is 0 Å². The predicted molar refractivity (Wildman–Crippen MR) is 149 cm³/mol. The van der Waals surface area contributed by atoms with Crippen LogP contribution in [0, 0.1) is 0 Å². The van der Waals surface area contributed by atoms with Crippen LogP contribution in [0.25, 0.3) is 21.8 Å². The Morgan fingerprint density at radius 2 is 1.26 bits per heavy atom. The number of H-pyrrole nitrogens is 2. The fourth-order valence-corrected chi connectivity index (χ4v) is 5.20. The van der Waals surface area contributed by atoms with Crippen molar-refractivity contribution in [2.75, 3.05) is 41.5 Å². The third-order valence-corrected chi connectivity index (χ3v) is 7.00. The fraction of sp³-hybridized carbons (Fsp3) is 0.357. The molecule has 2 aliphatic heterocycles. The van der Waals surface area contributed by atoms with Crippen molar-refractivity contribution in [3.8, 4) is 11.5 Å². The zero-order valence-electron chi connectivity index (χ0n) is 22.4. The van der Waals surface area contributed by atoms with Gasteiger partial charge in [0.1, 0.15) is 23.6 Å². The summed E-state index contributed by atoms with van der Waals surface area (Å²) in [5.41, 5.74) is 5.88. The van der Waals surface area contributed by atoms with Gasteiger partial charge in [0.25, 0.3) is 0 Å². The maximum absolute atomic E-state index is 11.8. The number of esters is 1. The summed E-state index contributed by atoms with van der Waals surface area (Å²) in [6, 6.07) is 10.6. The molecule has 2 aromatic heterocycles. The number of carboxylic acids is 1. The van der Waals surface area contributed by atoms with Crippen molar-refractivity contribution in [1.29, 1.82) is 0 Å². The second-order valence-electron chi connectivity index (χ2n) is 8.99. The van der Waals surface area contributed by atoms with Gasteiger partial charge in [-0.05, 0) is 60.4 Å². The molecule has 6 rings (SSSR count). The van der Waals surface area contributed by atoms with Crippen LogP contribution >= 0.6 is 0 Å². The molecule has 210 valence electrons. The van der Waals surface area contributed by atoms with E-state index in [1.54, 1.807) is 14.2 Å². The molecule has 0 spiro atoms. The number of aromatic nitrogens is 2. The monoisotopic (exact) mass is 541 g/mol. The summed E-state index contributed by atoms with van der Waals surface area (Å²) < 4.78 is 15.3. The zero-order valence-corrected chi connectivity index (χ0v) is 22.4. The van der Waals surface area contributed by atoms with E-state index in [9.17, 15) is 14.7 Å². The largest absolute Gasteiger partial charge is 0.497 e. The molecule has 2 atom stereocenters. The number of benzene rings is 2. The van der Waals surface area contributed by atoms with E-state index < -0.39 is 18.1 Å². The Kier molecular flexibility index (Phi) is 8.75. The smallest absolute Gasteiger partial charge is 0.329 e. The van der Waals surface area contributed by atoms with E-state index in [-0.39, 0.29) is 7.40 Å². The highest BCUT2D eigenvalue weighted by molar-refractivity contribution is 5.90. The van der Waals surface area contributed by atoms with Crippen molar-refractivity contribution >= 4 is 33.7 Å². The van der Waals surface area contributed by atoms with Gasteiger partial charge >= 0.3 is 11.9 Å². The van der Waals surface area contributed by atoms with Crippen LogP contribution in [-0.4, -0.2) is 73.6 Å². The lowest BCUT2D eigenvalue weighted by Gasteiger charge is -2.22. The number of aromatic amines is 2. The molecule has 4 heterocycles. The van der Waals surface area contributed by atoms with Gasteiger partial charge in [0, 0.05) is 54.8 Å². The first-order chi connectivity index (χ1) is 18.9. The molecule has 0 amide bonds. The zero-order chi connectivity index (χ0) is 28.1. The molecular weight excluding hydrogens is 504 g/mol. The van der Waals surface area contributed by atoms with Crippen LogP contribution in [0.15, 0.2) is 36.4 Å². The number of fused-ring (bicyclic) bond motifs is 6. The fourth-order valence-electron chi connectivity index (χ4n) is 5.20. The van der Waals surface area contributed by atoms with Crippen molar-refractivity contribution in [3.05, 3.63) is 58.9 Å². The molecule has 4 aromatic rings. The Balaban J connectivity index is 0.000000203. The second kappa shape index (κ2) is 12.2. The topological polar surface area (TPSA) is 158 Å². The summed E-state index contributed by atoms with van der Waals surface area (Å²) in [4.78, 5) is 29.5. The molecule has 0 saturated heterocycles. The van der Waals surface area contributed by atoms with Crippen LogP contribution in [0.3, 0.4) is 0 Å². The molecule has 0 bridgehead atoms. The summed E-state index contributed by atoms with van der Waals surface area (Å²) in [5.74, 6) is 0.492. The predicted octanol–water partition coefficient (Wildman–Crippen LogP) is 2.84. The minimum Gasteiger partial charge on any atom is -0.497 e. The number of hydrogen-bond donors (Lipinski definition) is 6. The molecule has 0 radical (unpaired) electrons. The Hall–Kier alpha value is -4.06. The summed E-state index contributed by atoms with van der Waals surface area (Å²) in [6.07, 6.45) is 1.71. The number of aliphatic hydroxyl groups is 1. The Morgan fingerprint density at radius 1 is 0.795 bits per heavy atom. The first-order valence-electron chi connectivity index (χ1n) is 12.5. The highest BCUT2D eigenvalue weighted by atomic mass is 16.5. The lowest BCUT2D eigenvalue weighted by atomic mass is 9.99. The van der Waals surface area contributed by atoms with Gasteiger partial charge in [-0.15, -0.1) is 0 Å². The average molecular weight is 542 g/mol. The van der Waals surface area contributed by atoms with Crippen molar-refractivity contribution in [2.45, 2.75) is 24.9 Å². The molecular formula is C28H36N4O7. The molecule has 2 unspecified atom stereocenters. The average Bonchev–Trinajstić information content (AvgIpc) is 3.55. The van der Waals surface area contributed by atoms with E-state index in [2.05, 4.69) is 20.6 Å². The molecule has 2 aromatic carbocycles. The van der Waals surface area contributed by atoms with E-state index >= 15 is 0 Å². The van der Waals surface area contributed by atoms with Crippen LogP contribution in [0.1, 0.15) is 36.0 Å². The van der Waals surface area contributed by atoms with Crippen molar-refractivity contribution < 1.29 is 35.4 Å². The molecule has 6 N–H and O–H groups in total. The lowest BCUT2D eigenvalue weighted by molar-refractivity contribution is -0.143. The Bertz CT molecular complexity index is 1480. The number of aliphatic hydroxyl groups excluding tert-OH is 1. The van der Waals surface area contributed by atoms with E-state index in [0.29, 0.717) is 6.54 Å². The number of nitrogens with one attached hydrogen (secondary N) is 4. The quantitative estimate of drug-likeness (QED) is 0.214. The molecule has 0 fully saturated rings. The van der Waals surface area contributed by atoms with E-state index in [0.717, 1.165) is 76.8 Å².